The molecule has 2 rings (SSSR count). The van der Waals surface area contributed by atoms with Gasteiger partial charge < -0.3 is 14.8 Å². The van der Waals surface area contributed by atoms with Gasteiger partial charge in [-0.1, -0.05) is 6.07 Å². The summed E-state index contributed by atoms with van der Waals surface area (Å²) in [4.78, 5) is 22.1. The molecule has 0 unspecified atom stereocenters. The van der Waals surface area contributed by atoms with Gasteiger partial charge in [0.15, 0.2) is 11.0 Å². The molecule has 0 aliphatic rings. The van der Waals surface area contributed by atoms with E-state index in [9.17, 15) is 14.0 Å². The minimum atomic E-state index is -1.14. The van der Waals surface area contributed by atoms with Gasteiger partial charge in [0.1, 0.15) is 5.82 Å². The summed E-state index contributed by atoms with van der Waals surface area (Å²) in [5.41, 5.74) is 0.300. The zero-order valence-corrected chi connectivity index (χ0v) is 11.2. The summed E-state index contributed by atoms with van der Waals surface area (Å²) in [5, 5.41) is 10.9. The molecule has 0 radical (unpaired) electrons. The van der Waals surface area contributed by atoms with Crippen molar-refractivity contribution < 1.29 is 23.5 Å². The molecule has 2 aromatic rings. The summed E-state index contributed by atoms with van der Waals surface area (Å²) in [7, 11) is 0. The number of hydrogen-bond donors (Lipinski definition) is 2. The van der Waals surface area contributed by atoms with Gasteiger partial charge in [-0.05, 0) is 47.5 Å². The molecule has 21 heavy (non-hydrogen) atoms. The number of halogens is 2. The molecule has 2 N–H and O–H groups in total. The fourth-order valence-electron chi connectivity index (χ4n) is 1.52. The van der Waals surface area contributed by atoms with Crippen LogP contribution in [-0.4, -0.2) is 17.0 Å². The molecule has 0 fully saturated rings. The van der Waals surface area contributed by atoms with Gasteiger partial charge in [-0.15, -0.1) is 0 Å². The van der Waals surface area contributed by atoms with Gasteiger partial charge in [0.2, 0.25) is 0 Å². The number of benzene rings is 1. The van der Waals surface area contributed by atoms with Crippen LogP contribution in [0.4, 0.5) is 10.1 Å². The summed E-state index contributed by atoms with van der Waals surface area (Å²) in [6, 6.07) is 6.64. The Labute approximate surface area is 123 Å². The molecule has 1 aromatic carbocycles. The number of hydrogen-bond acceptors (Lipinski definition) is 3. The van der Waals surface area contributed by atoms with Gasteiger partial charge in [-0.25, -0.2) is 9.18 Å². The van der Waals surface area contributed by atoms with Crippen LogP contribution in [0.15, 0.2) is 40.8 Å². The molecule has 0 bridgehead atoms. The van der Waals surface area contributed by atoms with E-state index >= 15 is 0 Å². The number of anilines is 1. The van der Waals surface area contributed by atoms with E-state index in [2.05, 4.69) is 5.32 Å². The third-order valence-electron chi connectivity index (χ3n) is 2.46. The van der Waals surface area contributed by atoms with E-state index in [4.69, 9.17) is 21.1 Å². The van der Waals surface area contributed by atoms with Crippen molar-refractivity contribution in [3.8, 4) is 0 Å². The van der Waals surface area contributed by atoms with Crippen molar-refractivity contribution in [1.29, 1.82) is 0 Å². The molecule has 0 aliphatic heterocycles. The first-order valence-corrected chi connectivity index (χ1v) is 6.11. The van der Waals surface area contributed by atoms with E-state index in [1.54, 1.807) is 0 Å². The van der Waals surface area contributed by atoms with Crippen LogP contribution in [0.3, 0.4) is 0 Å². The van der Waals surface area contributed by atoms with Gasteiger partial charge in [0.25, 0.3) is 5.91 Å². The highest BCUT2D eigenvalue weighted by atomic mass is 35.5. The van der Waals surface area contributed by atoms with Crippen molar-refractivity contribution in [3.05, 3.63) is 58.8 Å². The molecule has 0 aliphatic carbocycles. The average molecular weight is 310 g/mol. The first kappa shape index (κ1) is 14.8. The monoisotopic (exact) mass is 309 g/mol. The van der Waals surface area contributed by atoms with Gasteiger partial charge in [0, 0.05) is 6.08 Å². The van der Waals surface area contributed by atoms with Gasteiger partial charge >= 0.3 is 5.97 Å². The molecular formula is C14H9ClFNO4. The van der Waals surface area contributed by atoms with Crippen LogP contribution in [0.5, 0.6) is 0 Å². The van der Waals surface area contributed by atoms with Crippen molar-refractivity contribution >= 4 is 35.2 Å². The first-order chi connectivity index (χ1) is 9.95. The number of carbonyl (C=O) groups is 2. The Morgan fingerprint density at radius 2 is 2.05 bits per heavy atom. The van der Waals surface area contributed by atoms with Crippen LogP contribution in [0, 0.1) is 5.82 Å². The lowest BCUT2D eigenvalue weighted by molar-refractivity contribution is -0.131. The second-order valence-electron chi connectivity index (χ2n) is 3.97. The van der Waals surface area contributed by atoms with Crippen LogP contribution < -0.4 is 5.32 Å². The van der Waals surface area contributed by atoms with Gasteiger partial charge in [-0.2, -0.15) is 0 Å². The van der Waals surface area contributed by atoms with Gasteiger partial charge in [-0.3, -0.25) is 4.79 Å². The molecule has 0 spiro atoms. The maximum absolute atomic E-state index is 13.8. The molecule has 1 amide bonds. The second-order valence-corrected chi connectivity index (χ2v) is 4.34. The number of aliphatic carboxylic acids is 1. The highest BCUT2D eigenvalue weighted by Crippen LogP contribution is 2.19. The number of carboxylic acid groups (broad SMARTS) is 1. The third kappa shape index (κ3) is 3.93. The normalized spacial score (nSPS) is 10.8. The minimum Gasteiger partial charge on any atom is -0.478 e. The fraction of sp³-hybridized carbons (Fsp3) is 0. The van der Waals surface area contributed by atoms with E-state index in [-0.39, 0.29) is 16.7 Å². The second kappa shape index (κ2) is 6.23. The summed E-state index contributed by atoms with van der Waals surface area (Å²) >= 11 is 5.54. The Morgan fingerprint density at radius 3 is 2.62 bits per heavy atom. The fourth-order valence-corrected chi connectivity index (χ4v) is 1.67. The highest BCUT2D eigenvalue weighted by Gasteiger charge is 2.13. The molecule has 0 saturated heterocycles. The Hall–Kier alpha value is -2.60. The van der Waals surface area contributed by atoms with E-state index in [0.29, 0.717) is 5.56 Å². The summed E-state index contributed by atoms with van der Waals surface area (Å²) in [5.74, 6) is -2.53. The van der Waals surface area contributed by atoms with Crippen LogP contribution in [0.2, 0.25) is 5.22 Å². The largest absolute Gasteiger partial charge is 0.478 e. The molecule has 108 valence electrons. The maximum atomic E-state index is 13.8. The van der Waals surface area contributed by atoms with E-state index in [1.807, 2.05) is 0 Å². The van der Waals surface area contributed by atoms with E-state index < -0.39 is 17.7 Å². The van der Waals surface area contributed by atoms with Crippen LogP contribution in [-0.2, 0) is 4.79 Å². The van der Waals surface area contributed by atoms with Crippen LogP contribution >= 0.6 is 11.6 Å². The van der Waals surface area contributed by atoms with Crippen molar-refractivity contribution in [2.24, 2.45) is 0 Å². The molecule has 1 heterocycles. The Bertz CT molecular complexity index is 724. The average Bonchev–Trinajstić information content (AvgIpc) is 2.86. The smallest absolute Gasteiger partial charge is 0.328 e. The first-order valence-electron chi connectivity index (χ1n) is 5.73. The standard InChI is InChI=1S/C14H9ClFNO4/c15-12-5-4-11(21-12)14(20)17-10-3-1-8(7-9(10)16)2-6-13(18)19/h1-7H,(H,17,20)(H,18,19). The predicted octanol–water partition coefficient (Wildman–Crippen LogP) is 3.42. The number of rotatable bonds is 4. The lowest BCUT2D eigenvalue weighted by Gasteiger charge is -2.05. The third-order valence-corrected chi connectivity index (χ3v) is 2.66. The summed E-state index contributed by atoms with van der Waals surface area (Å²) in [6.45, 7) is 0. The van der Waals surface area contributed by atoms with E-state index in [1.165, 1.54) is 30.3 Å². The number of carboxylic acids is 1. The highest BCUT2D eigenvalue weighted by molar-refractivity contribution is 6.29. The van der Waals surface area contributed by atoms with E-state index in [0.717, 1.165) is 12.1 Å². The van der Waals surface area contributed by atoms with Crippen molar-refractivity contribution in [3.63, 3.8) is 0 Å². The van der Waals surface area contributed by atoms with Crippen LogP contribution in [0.1, 0.15) is 16.1 Å². The SMILES string of the molecule is O=C(O)C=Cc1ccc(NC(=O)c2ccc(Cl)o2)c(F)c1. The Morgan fingerprint density at radius 1 is 1.29 bits per heavy atom. The number of amides is 1. The predicted molar refractivity (Wildman–Crippen MR) is 74.7 cm³/mol. The summed E-state index contributed by atoms with van der Waals surface area (Å²) in [6.07, 6.45) is 2.13. The molecule has 0 saturated carbocycles. The number of carbonyl (C=O) groups excluding carboxylic acids is 1. The lowest BCUT2D eigenvalue weighted by Crippen LogP contribution is -2.12. The zero-order chi connectivity index (χ0) is 15.4. The van der Waals surface area contributed by atoms with Crippen molar-refractivity contribution in [2.45, 2.75) is 0 Å². The van der Waals surface area contributed by atoms with Crippen molar-refractivity contribution in [2.75, 3.05) is 5.32 Å². The Kier molecular flexibility index (Phi) is 4.39. The zero-order valence-electron chi connectivity index (χ0n) is 10.5. The van der Waals surface area contributed by atoms with Crippen molar-refractivity contribution in [1.82, 2.24) is 0 Å². The number of furan rings is 1. The lowest BCUT2D eigenvalue weighted by atomic mass is 10.2. The molecule has 5 nitrogen and oxygen atoms in total. The molecular weight excluding hydrogens is 301 g/mol. The Balaban J connectivity index is 2.14. The number of nitrogens with one attached hydrogen (secondary N) is 1. The van der Waals surface area contributed by atoms with Crippen LogP contribution in [0.25, 0.3) is 6.08 Å². The quantitative estimate of drug-likeness (QED) is 0.848. The molecule has 1 aromatic heterocycles. The minimum absolute atomic E-state index is 0.0470. The topological polar surface area (TPSA) is 79.5 Å². The summed E-state index contributed by atoms with van der Waals surface area (Å²) < 4.78 is 18.7. The van der Waals surface area contributed by atoms with Gasteiger partial charge in [0.05, 0.1) is 5.69 Å². The maximum Gasteiger partial charge on any atom is 0.328 e. The molecule has 0 atom stereocenters. The molecule has 7 heteroatoms.